The maximum Gasteiger partial charge on any atom is 0.137 e. The summed E-state index contributed by atoms with van der Waals surface area (Å²) in [6.45, 7) is 2.14. The Morgan fingerprint density at radius 2 is 2.09 bits per heavy atom. The Morgan fingerprint density at radius 3 is 2.83 bits per heavy atom. The molecule has 0 aliphatic rings. The van der Waals surface area contributed by atoms with Crippen LogP contribution in [0.25, 0.3) is 10.9 Å². The van der Waals surface area contributed by atoms with E-state index < -0.39 is 6.10 Å². The monoisotopic (exact) mass is 310 g/mol. The average Bonchev–Trinajstić information content (AvgIpc) is 2.59. The van der Waals surface area contributed by atoms with Crippen LogP contribution in [0.2, 0.25) is 0 Å². The molecule has 2 aromatic heterocycles. The maximum absolute atomic E-state index is 10.2. The van der Waals surface area contributed by atoms with E-state index in [1.165, 1.54) is 0 Å². The van der Waals surface area contributed by atoms with Crippen molar-refractivity contribution in [2.24, 2.45) is 0 Å². The second-order valence-electron chi connectivity index (χ2n) is 5.15. The fraction of sp³-hybridized carbons (Fsp3) is 0.235. The molecule has 2 heterocycles. The number of hydrogen-bond donors (Lipinski definition) is 2. The molecule has 0 aliphatic heterocycles. The minimum absolute atomic E-state index is 0.305. The first-order valence-electron chi connectivity index (χ1n) is 7.32. The quantitative estimate of drug-likeness (QED) is 0.753. The molecule has 1 aromatic carbocycles. The molecule has 0 fully saturated rings. The van der Waals surface area contributed by atoms with Gasteiger partial charge in [0.1, 0.15) is 23.5 Å². The van der Waals surface area contributed by atoms with Crippen LogP contribution in [0.1, 0.15) is 17.6 Å². The Morgan fingerprint density at radius 1 is 1.22 bits per heavy atom. The Kier molecular flexibility index (Phi) is 4.34. The number of ether oxygens (including phenoxy) is 1. The molecule has 3 aromatic rings. The summed E-state index contributed by atoms with van der Waals surface area (Å²) >= 11 is 0. The van der Waals surface area contributed by atoms with E-state index in [-0.39, 0.29) is 0 Å². The van der Waals surface area contributed by atoms with Gasteiger partial charge in [-0.3, -0.25) is 4.98 Å². The van der Waals surface area contributed by atoms with Gasteiger partial charge in [0.15, 0.2) is 0 Å². The maximum atomic E-state index is 10.2. The number of aromatic nitrogens is 3. The number of fused-ring (bicyclic) bond motifs is 1. The minimum Gasteiger partial charge on any atom is -0.497 e. The van der Waals surface area contributed by atoms with Crippen LogP contribution in [-0.2, 0) is 0 Å². The van der Waals surface area contributed by atoms with Gasteiger partial charge < -0.3 is 15.2 Å². The Balaban J connectivity index is 1.87. The summed E-state index contributed by atoms with van der Waals surface area (Å²) in [5, 5.41) is 14.3. The van der Waals surface area contributed by atoms with Gasteiger partial charge >= 0.3 is 0 Å². The van der Waals surface area contributed by atoms with Gasteiger partial charge in [0, 0.05) is 18.1 Å². The number of aryl methyl sites for hydroxylation is 1. The predicted molar refractivity (Wildman–Crippen MR) is 88.5 cm³/mol. The van der Waals surface area contributed by atoms with Gasteiger partial charge in [-0.15, -0.1) is 0 Å². The van der Waals surface area contributed by atoms with E-state index in [9.17, 15) is 5.11 Å². The molecular formula is C17H18N4O2. The van der Waals surface area contributed by atoms with Crippen molar-refractivity contribution in [3.05, 3.63) is 54.1 Å². The van der Waals surface area contributed by atoms with Gasteiger partial charge in [-0.2, -0.15) is 0 Å². The molecule has 6 heteroatoms. The van der Waals surface area contributed by atoms with Crippen LogP contribution >= 0.6 is 0 Å². The lowest BCUT2D eigenvalue weighted by Gasteiger charge is -2.14. The molecule has 118 valence electrons. The number of methoxy groups -OCH3 is 1. The Bertz CT molecular complexity index is 808. The van der Waals surface area contributed by atoms with Crippen molar-refractivity contribution >= 4 is 16.7 Å². The summed E-state index contributed by atoms with van der Waals surface area (Å²) in [4.78, 5) is 13.0. The standard InChI is InChI=1S/C17H18N4O2/c1-11-20-14-7-6-12(23-2)9-13(14)17(21-11)19-10-16(22)15-5-3-4-8-18-15/h3-9,16,22H,10H2,1-2H3,(H,19,20,21). The smallest absolute Gasteiger partial charge is 0.137 e. The second kappa shape index (κ2) is 6.58. The number of benzene rings is 1. The van der Waals surface area contributed by atoms with Crippen molar-refractivity contribution in [2.75, 3.05) is 19.0 Å². The number of anilines is 1. The van der Waals surface area contributed by atoms with Gasteiger partial charge in [0.2, 0.25) is 0 Å². The van der Waals surface area contributed by atoms with Gasteiger partial charge in [-0.25, -0.2) is 9.97 Å². The number of rotatable bonds is 5. The van der Waals surface area contributed by atoms with Crippen LogP contribution in [0.5, 0.6) is 5.75 Å². The van der Waals surface area contributed by atoms with Gasteiger partial charge in [0.25, 0.3) is 0 Å². The largest absolute Gasteiger partial charge is 0.497 e. The van der Waals surface area contributed by atoms with Crippen molar-refractivity contribution in [3.8, 4) is 5.75 Å². The lowest BCUT2D eigenvalue weighted by Crippen LogP contribution is -2.14. The van der Waals surface area contributed by atoms with Crippen LogP contribution in [-0.4, -0.2) is 33.7 Å². The summed E-state index contributed by atoms with van der Waals surface area (Å²) in [5.74, 6) is 2.07. The SMILES string of the molecule is COc1ccc2nc(C)nc(NCC(O)c3ccccn3)c2c1. The van der Waals surface area contributed by atoms with Gasteiger partial charge in [-0.1, -0.05) is 6.07 Å². The molecule has 23 heavy (non-hydrogen) atoms. The minimum atomic E-state index is -0.716. The summed E-state index contributed by atoms with van der Waals surface area (Å²) in [5.41, 5.74) is 1.45. The topological polar surface area (TPSA) is 80.2 Å². The van der Waals surface area contributed by atoms with Crippen molar-refractivity contribution in [2.45, 2.75) is 13.0 Å². The van der Waals surface area contributed by atoms with Crippen LogP contribution in [0.4, 0.5) is 5.82 Å². The fourth-order valence-corrected chi connectivity index (χ4v) is 2.36. The van der Waals surface area contributed by atoms with E-state index in [0.29, 0.717) is 23.9 Å². The van der Waals surface area contributed by atoms with Crippen LogP contribution in [0.3, 0.4) is 0 Å². The van der Waals surface area contributed by atoms with E-state index in [4.69, 9.17) is 4.74 Å². The molecule has 0 radical (unpaired) electrons. The third kappa shape index (κ3) is 3.37. The molecule has 1 atom stereocenters. The Hall–Kier alpha value is -2.73. The zero-order chi connectivity index (χ0) is 16.2. The van der Waals surface area contributed by atoms with E-state index in [1.54, 1.807) is 19.4 Å². The molecule has 2 N–H and O–H groups in total. The lowest BCUT2D eigenvalue weighted by molar-refractivity contribution is 0.186. The zero-order valence-electron chi connectivity index (χ0n) is 13.0. The third-order valence-corrected chi connectivity index (χ3v) is 3.51. The highest BCUT2D eigenvalue weighted by molar-refractivity contribution is 5.90. The fourth-order valence-electron chi connectivity index (χ4n) is 2.36. The first-order valence-corrected chi connectivity index (χ1v) is 7.32. The number of nitrogens with zero attached hydrogens (tertiary/aromatic N) is 3. The summed E-state index contributed by atoms with van der Waals surface area (Å²) in [6, 6.07) is 11.1. The van der Waals surface area contributed by atoms with Crippen LogP contribution < -0.4 is 10.1 Å². The first kappa shape index (κ1) is 15.2. The summed E-state index contributed by atoms with van der Waals surface area (Å²) in [6.07, 6.45) is 0.945. The van der Waals surface area contributed by atoms with Crippen molar-refractivity contribution < 1.29 is 9.84 Å². The van der Waals surface area contributed by atoms with Crippen molar-refractivity contribution in [1.82, 2.24) is 15.0 Å². The molecule has 3 rings (SSSR count). The van der Waals surface area contributed by atoms with Crippen molar-refractivity contribution in [1.29, 1.82) is 0 Å². The highest BCUT2D eigenvalue weighted by Gasteiger charge is 2.11. The van der Waals surface area contributed by atoms with E-state index in [1.807, 2.05) is 37.3 Å². The predicted octanol–water partition coefficient (Wildman–Crippen LogP) is 2.49. The van der Waals surface area contributed by atoms with Crippen LogP contribution in [0.15, 0.2) is 42.6 Å². The summed E-state index contributed by atoms with van der Waals surface area (Å²) < 4.78 is 5.26. The number of hydrogen-bond acceptors (Lipinski definition) is 6. The number of aliphatic hydroxyl groups excluding tert-OH is 1. The molecule has 0 amide bonds. The van der Waals surface area contributed by atoms with Crippen molar-refractivity contribution in [3.63, 3.8) is 0 Å². The highest BCUT2D eigenvalue weighted by Crippen LogP contribution is 2.25. The van der Waals surface area contributed by atoms with E-state index >= 15 is 0 Å². The van der Waals surface area contributed by atoms with Crippen LogP contribution in [0, 0.1) is 6.92 Å². The van der Waals surface area contributed by atoms with E-state index in [2.05, 4.69) is 20.3 Å². The van der Waals surface area contributed by atoms with Gasteiger partial charge in [-0.05, 0) is 37.3 Å². The van der Waals surface area contributed by atoms with E-state index in [0.717, 1.165) is 16.7 Å². The molecule has 0 aliphatic carbocycles. The van der Waals surface area contributed by atoms with Gasteiger partial charge in [0.05, 0.1) is 18.3 Å². The molecule has 6 nitrogen and oxygen atoms in total. The number of nitrogens with one attached hydrogen (secondary N) is 1. The lowest BCUT2D eigenvalue weighted by atomic mass is 10.2. The number of pyridine rings is 1. The molecule has 0 saturated carbocycles. The third-order valence-electron chi connectivity index (χ3n) is 3.51. The molecular weight excluding hydrogens is 292 g/mol. The average molecular weight is 310 g/mol. The number of aliphatic hydroxyl groups is 1. The molecule has 0 bridgehead atoms. The highest BCUT2D eigenvalue weighted by atomic mass is 16.5. The summed E-state index contributed by atoms with van der Waals surface area (Å²) in [7, 11) is 1.62. The molecule has 0 spiro atoms. The Labute approximate surface area is 134 Å². The molecule has 1 unspecified atom stereocenters. The first-order chi connectivity index (χ1) is 11.2. The second-order valence-corrected chi connectivity index (χ2v) is 5.15. The zero-order valence-corrected chi connectivity index (χ0v) is 13.0. The molecule has 0 saturated heterocycles. The normalized spacial score (nSPS) is 12.1.